The third kappa shape index (κ3) is 9.38. The maximum absolute atomic E-state index is 12.5. The van der Waals surface area contributed by atoms with E-state index in [1.54, 1.807) is 0 Å². The van der Waals surface area contributed by atoms with Crippen LogP contribution in [-0.4, -0.2) is 72.1 Å². The molecule has 0 radical (unpaired) electrons. The molecule has 186 valence electrons. The van der Waals surface area contributed by atoms with Crippen LogP contribution < -0.4 is 10.6 Å². The number of carbonyl (C=O) groups excluding carboxylic acids is 2. The number of nitrogens with zero attached hydrogens (tertiary/aromatic N) is 3. The number of hydrogen-bond acceptors (Lipinski definition) is 4. The van der Waals surface area contributed by atoms with Crippen LogP contribution in [0.2, 0.25) is 0 Å². The van der Waals surface area contributed by atoms with Crippen LogP contribution in [0.25, 0.3) is 0 Å². The highest BCUT2D eigenvalue weighted by Crippen LogP contribution is 2.13. The molecule has 0 bridgehead atoms. The highest BCUT2D eigenvalue weighted by molar-refractivity contribution is 14.0. The number of aliphatic imine (C=N–C) groups is 1. The topological polar surface area (TPSA) is 86.3 Å². The standard InChI is InChI=1S/C24H39N5O3.HI/c1-7-25-22(29-15-14-20(17-29)27-23(31)32-24(4,5)6)26-16-18-10-12-19(13-11-18)21(30)28(8-2)9-3;/h10-13,20H,7-9,14-17H2,1-6H3,(H,25,26)(H,27,31);1H. The van der Waals surface area contributed by atoms with Gasteiger partial charge < -0.3 is 25.2 Å². The maximum atomic E-state index is 12.5. The van der Waals surface area contributed by atoms with E-state index in [-0.39, 0.29) is 42.0 Å². The molecule has 2 amide bonds. The summed E-state index contributed by atoms with van der Waals surface area (Å²) >= 11 is 0. The summed E-state index contributed by atoms with van der Waals surface area (Å²) in [5.41, 5.74) is 1.23. The number of benzene rings is 1. The summed E-state index contributed by atoms with van der Waals surface area (Å²) in [5.74, 6) is 0.878. The first-order valence-electron chi connectivity index (χ1n) is 11.6. The summed E-state index contributed by atoms with van der Waals surface area (Å²) in [7, 11) is 0. The van der Waals surface area contributed by atoms with Crippen molar-refractivity contribution in [3.63, 3.8) is 0 Å². The fraction of sp³-hybridized carbons (Fsp3) is 0.625. The second-order valence-corrected chi connectivity index (χ2v) is 8.92. The molecule has 1 fully saturated rings. The molecule has 8 nitrogen and oxygen atoms in total. The van der Waals surface area contributed by atoms with E-state index in [9.17, 15) is 9.59 Å². The number of alkyl carbamates (subject to hydrolysis) is 1. The summed E-state index contributed by atoms with van der Waals surface area (Å²) in [4.78, 5) is 33.3. The maximum Gasteiger partial charge on any atom is 0.407 e. The molecule has 1 atom stereocenters. The van der Waals surface area contributed by atoms with Crippen LogP contribution in [0.1, 0.15) is 63.9 Å². The summed E-state index contributed by atoms with van der Waals surface area (Å²) in [6.07, 6.45) is 0.455. The van der Waals surface area contributed by atoms with E-state index >= 15 is 0 Å². The quantitative estimate of drug-likeness (QED) is 0.294. The van der Waals surface area contributed by atoms with Gasteiger partial charge in [-0.1, -0.05) is 12.1 Å². The van der Waals surface area contributed by atoms with Crippen molar-refractivity contribution in [3.8, 4) is 0 Å². The molecule has 0 aromatic heterocycles. The van der Waals surface area contributed by atoms with Crippen molar-refractivity contribution < 1.29 is 14.3 Å². The predicted molar refractivity (Wildman–Crippen MR) is 143 cm³/mol. The Morgan fingerprint density at radius 2 is 1.79 bits per heavy atom. The monoisotopic (exact) mass is 573 g/mol. The molecule has 2 rings (SSSR count). The molecular weight excluding hydrogens is 533 g/mol. The largest absolute Gasteiger partial charge is 0.444 e. The Kier molecular flexibility index (Phi) is 12.0. The van der Waals surface area contributed by atoms with Crippen molar-refractivity contribution >= 4 is 41.9 Å². The van der Waals surface area contributed by atoms with Gasteiger partial charge >= 0.3 is 6.09 Å². The molecule has 1 saturated heterocycles. The lowest BCUT2D eigenvalue weighted by atomic mass is 10.1. The molecular formula is C24H40IN5O3. The number of guanidine groups is 1. The normalized spacial score (nSPS) is 16.1. The van der Waals surface area contributed by atoms with E-state index in [4.69, 9.17) is 9.73 Å². The third-order valence-electron chi connectivity index (χ3n) is 5.21. The number of hydrogen-bond donors (Lipinski definition) is 2. The molecule has 1 unspecified atom stereocenters. The van der Waals surface area contributed by atoms with E-state index < -0.39 is 5.60 Å². The van der Waals surface area contributed by atoms with Gasteiger partial charge in [0, 0.05) is 38.3 Å². The van der Waals surface area contributed by atoms with Crippen LogP contribution >= 0.6 is 24.0 Å². The van der Waals surface area contributed by atoms with Gasteiger partial charge in [-0.15, -0.1) is 24.0 Å². The number of ether oxygens (including phenoxy) is 1. The minimum atomic E-state index is -0.510. The minimum Gasteiger partial charge on any atom is -0.444 e. The van der Waals surface area contributed by atoms with Gasteiger partial charge in [0.25, 0.3) is 5.91 Å². The number of halogens is 1. The molecule has 1 aliphatic rings. The van der Waals surface area contributed by atoms with Crippen LogP contribution in [-0.2, 0) is 11.3 Å². The highest BCUT2D eigenvalue weighted by Gasteiger charge is 2.27. The number of amides is 2. The van der Waals surface area contributed by atoms with Crippen LogP contribution in [0.3, 0.4) is 0 Å². The molecule has 1 aromatic carbocycles. The van der Waals surface area contributed by atoms with Gasteiger partial charge in [-0.2, -0.15) is 0 Å². The second kappa shape index (κ2) is 13.6. The molecule has 1 aromatic rings. The van der Waals surface area contributed by atoms with Crippen LogP contribution in [0, 0.1) is 0 Å². The van der Waals surface area contributed by atoms with Crippen LogP contribution in [0.5, 0.6) is 0 Å². The first-order valence-corrected chi connectivity index (χ1v) is 11.6. The average molecular weight is 574 g/mol. The number of carbonyl (C=O) groups is 2. The number of nitrogens with one attached hydrogen (secondary N) is 2. The molecule has 1 heterocycles. The van der Waals surface area contributed by atoms with E-state index in [0.717, 1.165) is 31.0 Å². The van der Waals surface area contributed by atoms with Crippen molar-refractivity contribution in [1.29, 1.82) is 0 Å². The molecule has 2 N–H and O–H groups in total. The van der Waals surface area contributed by atoms with Crippen molar-refractivity contribution in [1.82, 2.24) is 20.4 Å². The molecule has 0 saturated carbocycles. The molecule has 9 heteroatoms. The predicted octanol–water partition coefficient (Wildman–Crippen LogP) is 3.85. The SMILES string of the molecule is CCNC(=NCc1ccc(C(=O)N(CC)CC)cc1)N1CCC(NC(=O)OC(C)(C)C)C1.I. The number of likely N-dealkylation sites (tertiary alicyclic amines) is 1. The van der Waals surface area contributed by atoms with Crippen molar-refractivity contribution in [2.24, 2.45) is 4.99 Å². The Balaban J connectivity index is 0.00000544. The third-order valence-corrected chi connectivity index (χ3v) is 5.21. The summed E-state index contributed by atoms with van der Waals surface area (Å²) < 4.78 is 5.36. The summed E-state index contributed by atoms with van der Waals surface area (Å²) in [5, 5.41) is 6.29. The lowest BCUT2D eigenvalue weighted by molar-refractivity contribution is 0.0506. The Morgan fingerprint density at radius 3 is 2.33 bits per heavy atom. The lowest BCUT2D eigenvalue weighted by Crippen LogP contribution is -2.44. The summed E-state index contributed by atoms with van der Waals surface area (Å²) in [6.45, 7) is 15.7. The lowest BCUT2D eigenvalue weighted by Gasteiger charge is -2.23. The zero-order chi connectivity index (χ0) is 23.7. The van der Waals surface area contributed by atoms with Gasteiger partial charge in [0.05, 0.1) is 12.6 Å². The Morgan fingerprint density at radius 1 is 1.15 bits per heavy atom. The average Bonchev–Trinajstić information content (AvgIpc) is 3.19. The van der Waals surface area contributed by atoms with Gasteiger partial charge in [-0.05, 0) is 65.7 Å². The second-order valence-electron chi connectivity index (χ2n) is 8.92. The van der Waals surface area contributed by atoms with Gasteiger partial charge in [-0.3, -0.25) is 4.79 Å². The molecule has 33 heavy (non-hydrogen) atoms. The van der Waals surface area contributed by atoms with Gasteiger partial charge in [0.1, 0.15) is 5.60 Å². The first kappa shape index (κ1) is 29.0. The summed E-state index contributed by atoms with van der Waals surface area (Å²) in [6, 6.07) is 7.69. The smallest absolute Gasteiger partial charge is 0.407 e. The Hall–Kier alpha value is -2.04. The molecule has 0 spiro atoms. The first-order chi connectivity index (χ1) is 15.2. The van der Waals surface area contributed by atoms with Crippen LogP contribution in [0.4, 0.5) is 4.79 Å². The van der Waals surface area contributed by atoms with E-state index in [1.165, 1.54) is 0 Å². The molecule has 0 aliphatic carbocycles. The Labute approximate surface area is 215 Å². The minimum absolute atomic E-state index is 0. The van der Waals surface area contributed by atoms with Gasteiger partial charge in [0.15, 0.2) is 5.96 Å². The van der Waals surface area contributed by atoms with E-state index in [0.29, 0.717) is 31.7 Å². The zero-order valence-corrected chi connectivity index (χ0v) is 23.1. The van der Waals surface area contributed by atoms with Crippen molar-refractivity contribution in [2.45, 2.75) is 66.2 Å². The molecule has 1 aliphatic heterocycles. The van der Waals surface area contributed by atoms with E-state index in [2.05, 4.69) is 15.5 Å². The van der Waals surface area contributed by atoms with Crippen molar-refractivity contribution in [2.75, 3.05) is 32.7 Å². The number of rotatable bonds is 7. The Bertz CT molecular complexity index is 788. The van der Waals surface area contributed by atoms with Gasteiger partial charge in [-0.25, -0.2) is 9.79 Å². The van der Waals surface area contributed by atoms with Gasteiger partial charge in [0.2, 0.25) is 0 Å². The van der Waals surface area contributed by atoms with Crippen LogP contribution in [0.15, 0.2) is 29.3 Å². The fourth-order valence-corrected chi connectivity index (χ4v) is 3.58. The zero-order valence-electron chi connectivity index (χ0n) is 20.8. The highest BCUT2D eigenvalue weighted by atomic mass is 127. The fourth-order valence-electron chi connectivity index (χ4n) is 3.58. The van der Waals surface area contributed by atoms with Crippen molar-refractivity contribution in [3.05, 3.63) is 35.4 Å². The van der Waals surface area contributed by atoms with E-state index in [1.807, 2.05) is 70.7 Å².